The SMILES string of the molecule is CC.COC.NC(C=O)Cc1ccccc1. The molecule has 0 fully saturated rings. The third-order valence-electron chi connectivity index (χ3n) is 1.49. The van der Waals surface area contributed by atoms with Crippen molar-refractivity contribution in [3.63, 3.8) is 0 Å². The summed E-state index contributed by atoms with van der Waals surface area (Å²) in [5.41, 5.74) is 6.54. The van der Waals surface area contributed by atoms with E-state index in [9.17, 15) is 4.79 Å². The monoisotopic (exact) mass is 225 g/mol. The van der Waals surface area contributed by atoms with Crippen LogP contribution in [0.3, 0.4) is 0 Å². The minimum absolute atomic E-state index is 0.364. The molecule has 3 nitrogen and oxygen atoms in total. The number of nitrogens with two attached hydrogens (primary N) is 1. The summed E-state index contributed by atoms with van der Waals surface area (Å²) in [4.78, 5) is 10.2. The van der Waals surface area contributed by atoms with Crippen molar-refractivity contribution in [2.24, 2.45) is 5.73 Å². The molecule has 1 atom stereocenters. The number of hydrogen-bond donors (Lipinski definition) is 1. The third-order valence-corrected chi connectivity index (χ3v) is 1.49. The van der Waals surface area contributed by atoms with Gasteiger partial charge in [0.05, 0.1) is 6.04 Å². The molecule has 1 aromatic carbocycles. The Hall–Kier alpha value is -1.19. The lowest BCUT2D eigenvalue weighted by Crippen LogP contribution is -2.23. The van der Waals surface area contributed by atoms with Crippen LogP contribution >= 0.6 is 0 Å². The largest absolute Gasteiger partial charge is 0.388 e. The third kappa shape index (κ3) is 10.9. The predicted octanol–water partition coefficient (Wildman–Crippen LogP) is 2.04. The number of ether oxygens (including phenoxy) is 1. The van der Waals surface area contributed by atoms with Crippen molar-refractivity contribution in [3.05, 3.63) is 35.9 Å². The van der Waals surface area contributed by atoms with Gasteiger partial charge < -0.3 is 15.3 Å². The highest BCUT2D eigenvalue weighted by molar-refractivity contribution is 5.57. The van der Waals surface area contributed by atoms with Crippen LogP contribution in [0.4, 0.5) is 0 Å². The fourth-order valence-electron chi connectivity index (χ4n) is 0.934. The van der Waals surface area contributed by atoms with Crippen LogP contribution in [0.1, 0.15) is 19.4 Å². The van der Waals surface area contributed by atoms with Crippen LogP contribution in [0.25, 0.3) is 0 Å². The summed E-state index contributed by atoms with van der Waals surface area (Å²) in [7, 11) is 3.25. The first kappa shape index (κ1) is 17.2. The van der Waals surface area contributed by atoms with Gasteiger partial charge in [-0.15, -0.1) is 0 Å². The van der Waals surface area contributed by atoms with Gasteiger partial charge in [-0.25, -0.2) is 0 Å². The van der Waals surface area contributed by atoms with E-state index in [4.69, 9.17) is 5.73 Å². The Morgan fingerprint density at radius 2 is 1.69 bits per heavy atom. The molecule has 0 aliphatic carbocycles. The molecule has 3 heteroatoms. The second-order valence-electron chi connectivity index (χ2n) is 2.90. The molecule has 0 spiro atoms. The van der Waals surface area contributed by atoms with Crippen LogP contribution in [0, 0.1) is 0 Å². The Morgan fingerprint density at radius 1 is 1.25 bits per heavy atom. The highest BCUT2D eigenvalue weighted by atomic mass is 16.4. The Morgan fingerprint density at radius 3 is 2.06 bits per heavy atom. The van der Waals surface area contributed by atoms with Crippen LogP contribution in [0.2, 0.25) is 0 Å². The Bertz CT molecular complexity index is 237. The van der Waals surface area contributed by atoms with E-state index >= 15 is 0 Å². The van der Waals surface area contributed by atoms with Gasteiger partial charge in [0.25, 0.3) is 0 Å². The van der Waals surface area contributed by atoms with Crippen molar-refractivity contribution in [2.75, 3.05) is 14.2 Å². The molecule has 0 aromatic heterocycles. The molecule has 0 heterocycles. The van der Waals surface area contributed by atoms with E-state index in [0.717, 1.165) is 11.8 Å². The molecule has 0 bridgehead atoms. The van der Waals surface area contributed by atoms with Gasteiger partial charge in [-0.3, -0.25) is 0 Å². The number of aldehydes is 1. The Labute approximate surface area is 98.6 Å². The molecule has 2 N–H and O–H groups in total. The lowest BCUT2D eigenvalue weighted by molar-refractivity contribution is -0.108. The number of hydrogen-bond acceptors (Lipinski definition) is 3. The lowest BCUT2D eigenvalue weighted by Gasteiger charge is -2.02. The summed E-state index contributed by atoms with van der Waals surface area (Å²) in [6.45, 7) is 4.00. The molecule has 0 amide bonds. The maximum absolute atomic E-state index is 10.2. The first-order chi connectivity index (χ1) is 7.74. The van der Waals surface area contributed by atoms with Crippen molar-refractivity contribution in [1.82, 2.24) is 0 Å². The maximum atomic E-state index is 10.2. The Balaban J connectivity index is 0. The zero-order valence-electron chi connectivity index (χ0n) is 10.6. The second kappa shape index (κ2) is 13.8. The van der Waals surface area contributed by atoms with Crippen molar-refractivity contribution in [2.45, 2.75) is 26.3 Å². The van der Waals surface area contributed by atoms with E-state index in [-0.39, 0.29) is 6.04 Å². The predicted molar refractivity (Wildman–Crippen MR) is 68.5 cm³/mol. The summed E-state index contributed by atoms with van der Waals surface area (Å²) < 4.78 is 4.25. The fourth-order valence-corrected chi connectivity index (χ4v) is 0.934. The zero-order valence-corrected chi connectivity index (χ0v) is 10.6. The average Bonchev–Trinajstić information content (AvgIpc) is 2.34. The molecule has 16 heavy (non-hydrogen) atoms. The maximum Gasteiger partial charge on any atom is 0.137 e. The number of rotatable bonds is 3. The molecule has 0 saturated heterocycles. The minimum Gasteiger partial charge on any atom is -0.388 e. The fraction of sp³-hybridized carbons (Fsp3) is 0.462. The number of carbonyl (C=O) groups is 1. The van der Waals surface area contributed by atoms with Gasteiger partial charge >= 0.3 is 0 Å². The van der Waals surface area contributed by atoms with Gasteiger partial charge in [-0.05, 0) is 12.0 Å². The van der Waals surface area contributed by atoms with Gasteiger partial charge in [-0.2, -0.15) is 0 Å². The lowest BCUT2D eigenvalue weighted by atomic mass is 10.1. The van der Waals surface area contributed by atoms with Gasteiger partial charge in [-0.1, -0.05) is 44.2 Å². The van der Waals surface area contributed by atoms with E-state index in [2.05, 4.69) is 4.74 Å². The molecule has 1 unspecified atom stereocenters. The van der Waals surface area contributed by atoms with E-state index in [1.807, 2.05) is 44.2 Å². The molecule has 0 radical (unpaired) electrons. The van der Waals surface area contributed by atoms with E-state index in [1.165, 1.54) is 0 Å². The van der Waals surface area contributed by atoms with Crippen LogP contribution in [0.5, 0.6) is 0 Å². The van der Waals surface area contributed by atoms with Crippen molar-refractivity contribution in [1.29, 1.82) is 0 Å². The normalized spacial score (nSPS) is 10.1. The van der Waals surface area contributed by atoms with Gasteiger partial charge in [0.15, 0.2) is 0 Å². The molecule has 0 aliphatic rings. The van der Waals surface area contributed by atoms with Crippen LogP contribution in [-0.2, 0) is 16.0 Å². The van der Waals surface area contributed by atoms with Crippen LogP contribution < -0.4 is 5.73 Å². The molecule has 0 saturated carbocycles. The number of carbonyl (C=O) groups excluding carboxylic acids is 1. The summed E-state index contributed by atoms with van der Waals surface area (Å²) >= 11 is 0. The molecule has 1 rings (SSSR count). The summed E-state index contributed by atoms with van der Waals surface area (Å²) in [6, 6.07) is 9.37. The number of benzene rings is 1. The smallest absolute Gasteiger partial charge is 0.137 e. The van der Waals surface area contributed by atoms with Gasteiger partial charge in [0, 0.05) is 14.2 Å². The van der Waals surface area contributed by atoms with Crippen molar-refractivity contribution in [3.8, 4) is 0 Å². The first-order valence-electron chi connectivity index (χ1n) is 5.39. The van der Waals surface area contributed by atoms with Gasteiger partial charge in [0.2, 0.25) is 0 Å². The zero-order chi connectivity index (χ0) is 12.8. The van der Waals surface area contributed by atoms with Crippen LogP contribution in [0.15, 0.2) is 30.3 Å². The molecular weight excluding hydrogens is 202 g/mol. The standard InChI is InChI=1S/C9H11NO.C2H6O.C2H6/c10-9(7-11)6-8-4-2-1-3-5-8;1-3-2;1-2/h1-5,7,9H,6,10H2;1-2H3;1-2H3. The highest BCUT2D eigenvalue weighted by Crippen LogP contribution is 1.99. The topological polar surface area (TPSA) is 52.3 Å². The Kier molecular flexibility index (Phi) is 14.9. The van der Waals surface area contributed by atoms with Crippen LogP contribution in [-0.4, -0.2) is 26.5 Å². The first-order valence-corrected chi connectivity index (χ1v) is 5.39. The molecular formula is C13H23NO2. The van der Waals surface area contributed by atoms with E-state index < -0.39 is 0 Å². The van der Waals surface area contributed by atoms with Gasteiger partial charge in [0.1, 0.15) is 6.29 Å². The quantitative estimate of drug-likeness (QED) is 0.801. The molecule has 1 aromatic rings. The summed E-state index contributed by atoms with van der Waals surface area (Å²) in [6.07, 6.45) is 1.40. The molecule has 0 aliphatic heterocycles. The molecule has 92 valence electrons. The minimum atomic E-state index is -0.364. The van der Waals surface area contributed by atoms with E-state index in [1.54, 1.807) is 14.2 Å². The second-order valence-corrected chi connectivity index (χ2v) is 2.90. The number of methoxy groups -OCH3 is 1. The van der Waals surface area contributed by atoms with Crippen molar-refractivity contribution < 1.29 is 9.53 Å². The average molecular weight is 225 g/mol. The summed E-state index contributed by atoms with van der Waals surface area (Å²) in [5.74, 6) is 0. The highest BCUT2D eigenvalue weighted by Gasteiger charge is 1.99. The van der Waals surface area contributed by atoms with Crippen molar-refractivity contribution >= 4 is 6.29 Å². The van der Waals surface area contributed by atoms with E-state index in [0.29, 0.717) is 6.42 Å². The summed E-state index contributed by atoms with van der Waals surface area (Å²) in [5, 5.41) is 0.